The van der Waals surface area contributed by atoms with E-state index >= 15 is 0 Å². The zero-order chi connectivity index (χ0) is 20.1. The monoisotopic (exact) mass is 414 g/mol. The first kappa shape index (κ1) is 19.3. The molecule has 28 heavy (non-hydrogen) atoms. The van der Waals surface area contributed by atoms with E-state index < -0.39 is 4.87 Å². The van der Waals surface area contributed by atoms with Crippen LogP contribution in [0.4, 0.5) is 5.69 Å². The van der Waals surface area contributed by atoms with Gasteiger partial charge in [0.25, 0.3) is 5.91 Å². The zero-order valence-corrected chi connectivity index (χ0v) is 17.8. The van der Waals surface area contributed by atoms with Crippen LogP contribution in [-0.4, -0.2) is 29.0 Å². The highest BCUT2D eigenvalue weighted by molar-refractivity contribution is 8.01. The quantitative estimate of drug-likeness (QED) is 0.738. The molecule has 2 amide bonds. The summed E-state index contributed by atoms with van der Waals surface area (Å²) in [4.78, 5) is 29.3. The second-order valence-corrected chi connectivity index (χ2v) is 9.40. The first-order valence-corrected chi connectivity index (χ1v) is 10.8. The van der Waals surface area contributed by atoms with E-state index in [4.69, 9.17) is 11.6 Å². The Balaban J connectivity index is 1.81. The number of aryl methyl sites for hydroxylation is 1. The van der Waals surface area contributed by atoms with Gasteiger partial charge >= 0.3 is 0 Å². The predicted molar refractivity (Wildman–Crippen MR) is 115 cm³/mol. The minimum atomic E-state index is -1.01. The van der Waals surface area contributed by atoms with Gasteiger partial charge in [-0.15, -0.1) is 11.8 Å². The molecule has 2 aliphatic heterocycles. The third-order valence-corrected chi connectivity index (χ3v) is 7.03. The van der Waals surface area contributed by atoms with E-state index in [1.165, 1.54) is 17.3 Å². The lowest BCUT2D eigenvalue weighted by atomic mass is 10.0. The van der Waals surface area contributed by atoms with Crippen LogP contribution in [0.25, 0.3) is 0 Å². The Bertz CT molecular complexity index is 944. The second-order valence-electron chi connectivity index (χ2n) is 7.68. The third kappa shape index (κ3) is 2.92. The number of carbonyl (C=O) groups is 2. The van der Waals surface area contributed by atoms with Crippen molar-refractivity contribution in [2.45, 2.75) is 32.2 Å². The van der Waals surface area contributed by atoms with Crippen molar-refractivity contribution in [3.05, 3.63) is 64.2 Å². The van der Waals surface area contributed by atoms with Crippen molar-refractivity contribution >= 4 is 40.9 Å². The number of nitrogens with zero attached hydrogens (tertiary/aromatic N) is 2. The van der Waals surface area contributed by atoms with Gasteiger partial charge < -0.3 is 9.80 Å². The van der Waals surface area contributed by atoms with E-state index in [0.29, 0.717) is 18.1 Å². The fourth-order valence-corrected chi connectivity index (χ4v) is 5.58. The lowest BCUT2D eigenvalue weighted by molar-refractivity contribution is -0.142. The molecular weight excluding hydrogens is 392 g/mol. The summed E-state index contributed by atoms with van der Waals surface area (Å²) >= 11 is 7.84. The van der Waals surface area contributed by atoms with Gasteiger partial charge in [-0.1, -0.05) is 55.3 Å². The maximum Gasteiger partial charge on any atom is 0.268 e. The van der Waals surface area contributed by atoms with Crippen LogP contribution in [0, 0.1) is 12.8 Å². The molecule has 1 atom stereocenters. The van der Waals surface area contributed by atoms with Gasteiger partial charge in [0.15, 0.2) is 4.87 Å². The van der Waals surface area contributed by atoms with Crippen molar-refractivity contribution in [3.63, 3.8) is 0 Å². The second kappa shape index (κ2) is 7.12. The van der Waals surface area contributed by atoms with Crippen LogP contribution in [0.15, 0.2) is 42.5 Å². The SMILES string of the molecule is Cc1ccc(CN2C(=O)[C@]3(SCCN3C(=O)C(C)C)c3cc(Cl)ccc32)cc1. The Morgan fingerprint density at radius 2 is 1.93 bits per heavy atom. The van der Waals surface area contributed by atoms with Crippen LogP contribution >= 0.6 is 23.4 Å². The summed E-state index contributed by atoms with van der Waals surface area (Å²) in [6.45, 7) is 6.84. The van der Waals surface area contributed by atoms with Gasteiger partial charge in [0.05, 0.1) is 12.2 Å². The normalized spacial score (nSPS) is 21.1. The van der Waals surface area contributed by atoms with Crippen molar-refractivity contribution < 1.29 is 9.59 Å². The highest BCUT2D eigenvalue weighted by Gasteiger charge is 2.59. The van der Waals surface area contributed by atoms with E-state index in [2.05, 4.69) is 0 Å². The zero-order valence-electron chi connectivity index (χ0n) is 16.2. The molecule has 1 fully saturated rings. The molecular formula is C22H23ClN2O2S. The largest absolute Gasteiger partial charge is 0.315 e. The maximum atomic E-state index is 13.8. The number of carbonyl (C=O) groups excluding carboxylic acids is 2. The molecule has 4 rings (SSSR count). The highest BCUT2D eigenvalue weighted by Crippen LogP contribution is 2.55. The number of rotatable bonds is 3. The molecule has 0 bridgehead atoms. The number of amides is 2. The average Bonchev–Trinajstić information content (AvgIpc) is 3.20. The molecule has 146 valence electrons. The molecule has 0 aromatic heterocycles. The molecule has 0 unspecified atom stereocenters. The number of thioether (sulfide) groups is 1. The van der Waals surface area contributed by atoms with E-state index in [1.807, 2.05) is 63.2 Å². The van der Waals surface area contributed by atoms with Crippen molar-refractivity contribution in [2.75, 3.05) is 17.2 Å². The van der Waals surface area contributed by atoms with Gasteiger partial charge in [-0.2, -0.15) is 0 Å². The molecule has 0 radical (unpaired) electrons. The van der Waals surface area contributed by atoms with Gasteiger partial charge in [0.1, 0.15) is 0 Å². The minimum Gasteiger partial charge on any atom is -0.315 e. The lowest BCUT2D eigenvalue weighted by Gasteiger charge is -2.34. The molecule has 2 heterocycles. The standard InChI is InChI=1S/C22H23ClN2O2S/c1-14(2)20(26)25-10-11-28-22(25)18-12-17(23)8-9-19(18)24(21(22)27)13-16-6-4-15(3)5-7-16/h4-9,12,14H,10-11,13H2,1-3H3/t22-/m1/s1. The average molecular weight is 415 g/mol. The van der Waals surface area contributed by atoms with E-state index in [1.54, 1.807) is 9.80 Å². The molecule has 2 aromatic carbocycles. The first-order valence-electron chi connectivity index (χ1n) is 9.47. The number of fused-ring (bicyclic) bond motifs is 2. The number of hydrogen-bond acceptors (Lipinski definition) is 3. The Kier molecular flexibility index (Phi) is 4.92. The fraction of sp³-hybridized carbons (Fsp3) is 0.364. The summed E-state index contributed by atoms with van der Waals surface area (Å²) in [5.41, 5.74) is 3.90. The summed E-state index contributed by atoms with van der Waals surface area (Å²) in [7, 11) is 0. The van der Waals surface area contributed by atoms with E-state index in [0.717, 1.165) is 22.6 Å². The van der Waals surface area contributed by atoms with Crippen LogP contribution in [0.5, 0.6) is 0 Å². The predicted octanol–water partition coefficient (Wildman–Crippen LogP) is 4.58. The van der Waals surface area contributed by atoms with Crippen LogP contribution < -0.4 is 4.90 Å². The van der Waals surface area contributed by atoms with E-state index in [-0.39, 0.29) is 17.7 Å². The molecule has 2 aliphatic rings. The number of anilines is 1. The number of halogens is 1. The van der Waals surface area contributed by atoms with Crippen molar-refractivity contribution in [1.82, 2.24) is 4.90 Å². The minimum absolute atomic E-state index is 0.00135. The summed E-state index contributed by atoms with van der Waals surface area (Å²) in [6.07, 6.45) is 0. The Morgan fingerprint density at radius 1 is 1.21 bits per heavy atom. The van der Waals surface area contributed by atoms with Crippen molar-refractivity contribution in [1.29, 1.82) is 0 Å². The molecule has 1 saturated heterocycles. The van der Waals surface area contributed by atoms with Gasteiger partial charge in [0.2, 0.25) is 5.91 Å². The molecule has 1 spiro atoms. The van der Waals surface area contributed by atoms with Gasteiger partial charge in [-0.25, -0.2) is 0 Å². The summed E-state index contributed by atoms with van der Waals surface area (Å²) < 4.78 is 0. The van der Waals surface area contributed by atoms with Crippen molar-refractivity contribution in [2.24, 2.45) is 5.92 Å². The highest BCUT2D eigenvalue weighted by atomic mass is 35.5. The smallest absolute Gasteiger partial charge is 0.268 e. The Labute approximate surface area is 174 Å². The summed E-state index contributed by atoms with van der Waals surface area (Å²) in [5, 5.41) is 0.576. The number of hydrogen-bond donors (Lipinski definition) is 0. The van der Waals surface area contributed by atoms with Crippen molar-refractivity contribution in [3.8, 4) is 0 Å². The third-order valence-electron chi connectivity index (χ3n) is 5.38. The molecule has 2 aromatic rings. The van der Waals surface area contributed by atoms with Crippen LogP contribution in [0.3, 0.4) is 0 Å². The summed E-state index contributed by atoms with van der Waals surface area (Å²) in [6, 6.07) is 13.7. The lowest BCUT2D eigenvalue weighted by Crippen LogP contribution is -2.51. The fourth-order valence-electron chi connectivity index (χ4n) is 3.95. The van der Waals surface area contributed by atoms with Crippen LogP contribution in [-0.2, 0) is 21.0 Å². The van der Waals surface area contributed by atoms with Crippen LogP contribution in [0.1, 0.15) is 30.5 Å². The van der Waals surface area contributed by atoms with Crippen LogP contribution in [0.2, 0.25) is 5.02 Å². The first-order chi connectivity index (χ1) is 13.3. The molecule has 4 nitrogen and oxygen atoms in total. The van der Waals surface area contributed by atoms with Gasteiger partial charge in [0, 0.05) is 28.8 Å². The Hall–Kier alpha value is -1.98. The molecule has 0 N–H and O–H groups in total. The number of benzene rings is 2. The maximum absolute atomic E-state index is 13.8. The Morgan fingerprint density at radius 3 is 2.61 bits per heavy atom. The summed E-state index contributed by atoms with van der Waals surface area (Å²) in [5.74, 6) is 0.509. The molecule has 6 heteroatoms. The molecule has 0 aliphatic carbocycles. The molecule has 0 saturated carbocycles. The van der Waals surface area contributed by atoms with Gasteiger partial charge in [-0.05, 0) is 30.7 Å². The van der Waals surface area contributed by atoms with E-state index in [9.17, 15) is 9.59 Å². The topological polar surface area (TPSA) is 40.6 Å². The van der Waals surface area contributed by atoms with Gasteiger partial charge in [-0.3, -0.25) is 9.59 Å².